The third kappa shape index (κ3) is 6.48. The van der Waals surface area contributed by atoms with Crippen molar-refractivity contribution in [3.8, 4) is 0 Å². The lowest BCUT2D eigenvalue weighted by atomic mass is 10.1. The van der Waals surface area contributed by atoms with Gasteiger partial charge in [0.2, 0.25) is 5.91 Å². The number of carbonyl (C=O) groups excluding carboxylic acids is 2. The summed E-state index contributed by atoms with van der Waals surface area (Å²) >= 11 is 0. The highest BCUT2D eigenvalue weighted by molar-refractivity contribution is 7.92. The van der Waals surface area contributed by atoms with Crippen LogP contribution in [0.1, 0.15) is 44.0 Å². The minimum atomic E-state index is -3.93. The molecule has 1 atom stereocenters. The molecule has 34 heavy (non-hydrogen) atoms. The van der Waals surface area contributed by atoms with Gasteiger partial charge in [-0.2, -0.15) is 0 Å². The van der Waals surface area contributed by atoms with Crippen molar-refractivity contribution in [1.82, 2.24) is 10.6 Å². The maximum Gasteiger partial charge on any atom is 0.261 e. The Morgan fingerprint density at radius 3 is 2.35 bits per heavy atom. The Kier molecular flexibility index (Phi) is 8.51. The molecule has 1 fully saturated rings. The minimum absolute atomic E-state index is 0.00667. The number of benzene rings is 2. The highest BCUT2D eigenvalue weighted by Gasteiger charge is 2.22. The summed E-state index contributed by atoms with van der Waals surface area (Å²) in [4.78, 5) is 26.4. The van der Waals surface area contributed by atoms with Crippen molar-refractivity contribution in [2.24, 2.45) is 0 Å². The third-order valence-corrected chi connectivity index (χ3v) is 7.10. The highest BCUT2D eigenvalue weighted by atomic mass is 32.2. The summed E-state index contributed by atoms with van der Waals surface area (Å²) in [7, 11) is -3.93. The van der Waals surface area contributed by atoms with Crippen molar-refractivity contribution in [3.05, 3.63) is 48.0 Å². The van der Waals surface area contributed by atoms with Crippen LogP contribution in [0, 0.1) is 0 Å². The molecular formula is C24H33N5O4S. The number of anilines is 3. The molecule has 4 N–H and O–H groups in total. The van der Waals surface area contributed by atoms with Crippen LogP contribution in [0.2, 0.25) is 0 Å². The van der Waals surface area contributed by atoms with E-state index in [1.165, 1.54) is 12.1 Å². The zero-order chi connectivity index (χ0) is 24.7. The van der Waals surface area contributed by atoms with E-state index >= 15 is 0 Å². The molecule has 2 aromatic carbocycles. The van der Waals surface area contributed by atoms with Crippen molar-refractivity contribution >= 4 is 38.9 Å². The van der Waals surface area contributed by atoms with Crippen LogP contribution >= 0.6 is 0 Å². The summed E-state index contributed by atoms with van der Waals surface area (Å²) in [5.41, 5.74) is 1.98. The van der Waals surface area contributed by atoms with Crippen molar-refractivity contribution in [2.75, 3.05) is 41.1 Å². The van der Waals surface area contributed by atoms with Gasteiger partial charge in [0.05, 0.1) is 16.3 Å². The maximum atomic E-state index is 13.2. The molecule has 10 heteroatoms. The van der Waals surface area contributed by atoms with E-state index in [4.69, 9.17) is 0 Å². The summed E-state index contributed by atoms with van der Waals surface area (Å²) in [6.45, 7) is 8.66. The lowest BCUT2D eigenvalue weighted by molar-refractivity contribution is -0.115. The number of nitrogens with zero attached hydrogens (tertiary/aromatic N) is 1. The van der Waals surface area contributed by atoms with Crippen molar-refractivity contribution in [1.29, 1.82) is 0 Å². The second kappa shape index (κ2) is 11.3. The van der Waals surface area contributed by atoms with Gasteiger partial charge in [-0.3, -0.25) is 14.3 Å². The predicted molar refractivity (Wildman–Crippen MR) is 135 cm³/mol. The highest BCUT2D eigenvalue weighted by Crippen LogP contribution is 2.30. The third-order valence-electron chi connectivity index (χ3n) is 5.72. The summed E-state index contributed by atoms with van der Waals surface area (Å²) in [5.74, 6) is -0.403. The Hall–Kier alpha value is -3.11. The summed E-state index contributed by atoms with van der Waals surface area (Å²) in [6, 6.07) is 11.1. The topological polar surface area (TPSA) is 120 Å². The molecule has 2 aromatic rings. The molecule has 9 nitrogen and oxygen atoms in total. The van der Waals surface area contributed by atoms with Crippen LogP contribution in [-0.2, 0) is 14.8 Å². The molecule has 1 aliphatic heterocycles. The molecule has 0 saturated carbocycles. The number of hydrogen-bond donors (Lipinski definition) is 4. The molecule has 3 rings (SSSR count). The normalized spacial score (nSPS) is 14.9. The molecule has 1 heterocycles. The van der Waals surface area contributed by atoms with Gasteiger partial charge in [-0.15, -0.1) is 0 Å². The summed E-state index contributed by atoms with van der Waals surface area (Å²) in [5, 5.41) is 8.90. The molecule has 0 aromatic heterocycles. The summed E-state index contributed by atoms with van der Waals surface area (Å²) in [6.07, 6.45) is 1.12. The van der Waals surface area contributed by atoms with Gasteiger partial charge in [0.1, 0.15) is 0 Å². The molecular weight excluding hydrogens is 454 g/mol. The number of nitrogens with one attached hydrogen (secondary N) is 4. The Morgan fingerprint density at radius 2 is 1.74 bits per heavy atom. The Bertz CT molecular complexity index is 1110. The SMILES string of the molecule is CCC(=O)Nc1ccc(S(=O)(=O)Nc2cc(C(=O)NC(C)CC)ccc2N2CCNCC2)cc1. The van der Waals surface area contributed by atoms with Crippen molar-refractivity contribution < 1.29 is 18.0 Å². The first-order chi connectivity index (χ1) is 16.2. The average Bonchev–Trinajstić information content (AvgIpc) is 2.84. The van der Waals surface area contributed by atoms with Gasteiger partial charge in [-0.25, -0.2) is 8.42 Å². The zero-order valence-electron chi connectivity index (χ0n) is 19.8. The van der Waals surface area contributed by atoms with Gasteiger partial charge in [0.25, 0.3) is 15.9 Å². The fourth-order valence-corrected chi connectivity index (χ4v) is 4.59. The van der Waals surface area contributed by atoms with E-state index in [9.17, 15) is 18.0 Å². The first-order valence-corrected chi connectivity index (χ1v) is 13.0. The number of piperazine rings is 1. The Balaban J connectivity index is 1.90. The second-order valence-corrected chi connectivity index (χ2v) is 9.97. The quantitative estimate of drug-likeness (QED) is 0.432. The molecule has 0 bridgehead atoms. The first-order valence-electron chi connectivity index (χ1n) is 11.6. The van der Waals surface area contributed by atoms with E-state index in [-0.39, 0.29) is 22.8 Å². The van der Waals surface area contributed by atoms with E-state index in [1.807, 2.05) is 13.8 Å². The molecule has 1 saturated heterocycles. The maximum absolute atomic E-state index is 13.2. The molecule has 0 radical (unpaired) electrons. The zero-order valence-corrected chi connectivity index (χ0v) is 20.7. The number of hydrogen-bond acceptors (Lipinski definition) is 6. The lowest BCUT2D eigenvalue weighted by Gasteiger charge is -2.31. The fourth-order valence-electron chi connectivity index (χ4n) is 3.52. The molecule has 1 aliphatic rings. The van der Waals surface area contributed by atoms with E-state index in [1.54, 1.807) is 37.3 Å². The second-order valence-electron chi connectivity index (χ2n) is 8.28. The van der Waals surface area contributed by atoms with E-state index in [0.717, 1.165) is 38.3 Å². The van der Waals surface area contributed by atoms with Gasteiger partial charge < -0.3 is 20.9 Å². The van der Waals surface area contributed by atoms with Crippen molar-refractivity contribution in [2.45, 2.75) is 44.6 Å². The Morgan fingerprint density at radius 1 is 1.06 bits per heavy atom. The van der Waals surface area contributed by atoms with Crippen LogP contribution in [0.5, 0.6) is 0 Å². The van der Waals surface area contributed by atoms with Gasteiger partial charge in [-0.05, 0) is 55.8 Å². The van der Waals surface area contributed by atoms with Crippen molar-refractivity contribution in [3.63, 3.8) is 0 Å². The smallest absolute Gasteiger partial charge is 0.261 e. The molecule has 184 valence electrons. The average molecular weight is 488 g/mol. The monoisotopic (exact) mass is 487 g/mol. The Labute approximate surface area is 201 Å². The van der Waals surface area contributed by atoms with Gasteiger partial charge >= 0.3 is 0 Å². The lowest BCUT2D eigenvalue weighted by Crippen LogP contribution is -2.43. The minimum Gasteiger partial charge on any atom is -0.367 e. The summed E-state index contributed by atoms with van der Waals surface area (Å²) < 4.78 is 29.1. The van der Waals surface area contributed by atoms with Crippen LogP contribution in [0.3, 0.4) is 0 Å². The van der Waals surface area contributed by atoms with Gasteiger partial charge in [0.15, 0.2) is 0 Å². The van der Waals surface area contributed by atoms with Crippen LogP contribution in [-0.4, -0.2) is 52.5 Å². The van der Waals surface area contributed by atoms with Crippen LogP contribution < -0.4 is 25.6 Å². The molecule has 0 aliphatic carbocycles. The van der Waals surface area contributed by atoms with E-state index < -0.39 is 10.0 Å². The first kappa shape index (κ1) is 25.5. The molecule has 0 spiro atoms. The number of carbonyl (C=O) groups is 2. The van der Waals surface area contributed by atoms with Gasteiger partial charge in [0, 0.05) is 49.9 Å². The molecule has 2 amide bonds. The van der Waals surface area contributed by atoms with E-state index in [2.05, 4.69) is 25.6 Å². The van der Waals surface area contributed by atoms with Crippen LogP contribution in [0.15, 0.2) is 47.4 Å². The van der Waals surface area contributed by atoms with Gasteiger partial charge in [-0.1, -0.05) is 13.8 Å². The largest absolute Gasteiger partial charge is 0.367 e. The number of sulfonamides is 1. The molecule has 1 unspecified atom stereocenters. The fraction of sp³-hybridized carbons (Fsp3) is 0.417. The standard InChI is InChI=1S/C24H33N5O4S/c1-4-17(3)26-24(31)18-6-11-22(29-14-12-25-13-15-29)21(16-18)28-34(32,33)20-9-7-19(8-10-20)27-23(30)5-2/h6-11,16-17,25,28H,4-5,12-15H2,1-3H3,(H,26,31)(H,27,30). The van der Waals surface area contributed by atoms with Crippen LogP contribution in [0.25, 0.3) is 0 Å². The van der Waals surface area contributed by atoms with E-state index in [0.29, 0.717) is 23.4 Å². The number of amides is 2. The predicted octanol–water partition coefficient (Wildman–Crippen LogP) is 2.77. The number of rotatable bonds is 9. The van der Waals surface area contributed by atoms with Crippen LogP contribution in [0.4, 0.5) is 17.1 Å².